The van der Waals surface area contributed by atoms with E-state index >= 15 is 0 Å². The van der Waals surface area contributed by atoms with E-state index in [-0.39, 0.29) is 24.3 Å². The maximum absolute atomic E-state index is 13.5. The van der Waals surface area contributed by atoms with Crippen molar-refractivity contribution in [3.8, 4) is 5.75 Å². The minimum absolute atomic E-state index is 0.0724. The average molecular weight is 558 g/mol. The second-order valence-electron chi connectivity index (χ2n) is 11.9. The van der Waals surface area contributed by atoms with Crippen molar-refractivity contribution in [3.05, 3.63) is 63.6 Å². The molecule has 2 amide bonds. The van der Waals surface area contributed by atoms with Crippen molar-refractivity contribution in [2.75, 3.05) is 13.2 Å². The Bertz CT molecular complexity index is 1220. The Morgan fingerprint density at radius 3 is 2.61 bits per heavy atom. The maximum atomic E-state index is 13.5. The van der Waals surface area contributed by atoms with Gasteiger partial charge in [-0.05, 0) is 98.1 Å². The minimum atomic E-state index is -0.483. The topological polar surface area (TPSA) is 78.9 Å². The molecule has 8 heteroatoms. The quantitative estimate of drug-likeness (QED) is 0.478. The van der Waals surface area contributed by atoms with Crippen molar-refractivity contribution in [2.24, 2.45) is 23.7 Å². The number of carbonyl (C=O) groups is 2. The van der Waals surface area contributed by atoms with E-state index in [9.17, 15) is 14.7 Å². The molecular weight excluding hydrogens is 523 g/mol. The molecular formula is C30H34Cl2N2O4. The molecule has 202 valence electrons. The number of nitrogens with one attached hydrogen (secondary N) is 1. The van der Waals surface area contributed by atoms with Gasteiger partial charge in [0, 0.05) is 35.1 Å². The zero-order valence-corrected chi connectivity index (χ0v) is 22.9. The molecule has 4 aliphatic carbocycles. The zero-order valence-electron chi connectivity index (χ0n) is 21.4. The molecule has 2 aromatic carbocycles. The molecule has 5 fully saturated rings. The number of amides is 2. The Hall–Kier alpha value is -2.28. The van der Waals surface area contributed by atoms with Crippen LogP contribution in [0.5, 0.6) is 5.75 Å². The molecule has 5 aliphatic rings. The lowest BCUT2D eigenvalue weighted by Gasteiger charge is -2.59. The first-order valence-electron chi connectivity index (χ1n) is 13.7. The highest BCUT2D eigenvalue weighted by molar-refractivity contribution is 6.31. The largest absolute Gasteiger partial charge is 0.484 e. The molecule has 3 unspecified atom stereocenters. The van der Waals surface area contributed by atoms with Crippen LogP contribution in [0.15, 0.2) is 42.5 Å². The Kier molecular flexibility index (Phi) is 7.08. The summed E-state index contributed by atoms with van der Waals surface area (Å²) in [6, 6.07) is 13.1. The predicted octanol–water partition coefficient (Wildman–Crippen LogP) is 5.02. The molecule has 1 saturated heterocycles. The number of aliphatic hydroxyl groups is 1. The standard InChI is InChI=1S/C30H34Cl2N2O4/c31-24-3-1-2-18(10-24)16-33-27(35)17-38-25-5-4-20(26(32)12-25)11-21-6-7-34(29(21)36)28-22-8-19-9-23(28)15-30(37,13-19)14-22/h1-5,10,12,19,21-23,28,37H,6-9,11,13-17H2,(H,33,35). The van der Waals surface area contributed by atoms with Crippen molar-refractivity contribution in [2.45, 2.75) is 63.1 Å². The zero-order chi connectivity index (χ0) is 26.4. The van der Waals surface area contributed by atoms with Crippen molar-refractivity contribution >= 4 is 35.0 Å². The Labute approximate surface area is 233 Å². The van der Waals surface area contributed by atoms with Crippen LogP contribution in [-0.2, 0) is 22.6 Å². The third-order valence-electron chi connectivity index (χ3n) is 9.14. The molecule has 4 bridgehead atoms. The van der Waals surface area contributed by atoms with Gasteiger partial charge in [-0.1, -0.05) is 41.4 Å². The first-order chi connectivity index (χ1) is 18.3. The molecule has 38 heavy (non-hydrogen) atoms. The molecule has 7 rings (SSSR count). The maximum Gasteiger partial charge on any atom is 0.258 e. The first-order valence-corrected chi connectivity index (χ1v) is 14.5. The van der Waals surface area contributed by atoms with E-state index in [2.05, 4.69) is 10.2 Å². The van der Waals surface area contributed by atoms with E-state index in [0.29, 0.717) is 52.6 Å². The van der Waals surface area contributed by atoms with Crippen molar-refractivity contribution < 1.29 is 19.4 Å². The van der Waals surface area contributed by atoms with E-state index in [1.54, 1.807) is 18.2 Å². The number of hydrogen-bond donors (Lipinski definition) is 2. The summed E-state index contributed by atoms with van der Waals surface area (Å²) in [7, 11) is 0. The third-order valence-corrected chi connectivity index (χ3v) is 9.73. The highest BCUT2D eigenvalue weighted by atomic mass is 35.5. The minimum Gasteiger partial charge on any atom is -0.484 e. The SMILES string of the molecule is O=C(COc1ccc(CC2CCN(C3C4CC5CC3CC(O)(C5)C4)C2=O)c(Cl)c1)NCc1cccc(Cl)c1. The molecule has 1 heterocycles. The molecule has 0 aromatic heterocycles. The summed E-state index contributed by atoms with van der Waals surface area (Å²) in [5.74, 6) is 1.96. The van der Waals surface area contributed by atoms with Gasteiger partial charge in [-0.25, -0.2) is 0 Å². The van der Waals surface area contributed by atoms with Crippen LogP contribution in [0.3, 0.4) is 0 Å². The molecule has 3 atom stereocenters. The lowest BCUT2D eigenvalue weighted by Crippen LogP contribution is -2.62. The summed E-state index contributed by atoms with van der Waals surface area (Å²) in [6.07, 6.45) is 6.41. The van der Waals surface area contributed by atoms with E-state index in [1.165, 1.54) is 0 Å². The van der Waals surface area contributed by atoms with Gasteiger partial charge in [0.2, 0.25) is 5.91 Å². The normalized spacial score (nSPS) is 31.6. The van der Waals surface area contributed by atoms with Crippen molar-refractivity contribution in [3.63, 3.8) is 0 Å². The summed E-state index contributed by atoms with van der Waals surface area (Å²) in [6.45, 7) is 1.05. The van der Waals surface area contributed by atoms with Gasteiger partial charge in [-0.2, -0.15) is 0 Å². The number of ether oxygens (including phenoxy) is 1. The number of rotatable bonds is 8. The lowest BCUT2D eigenvalue weighted by atomic mass is 9.52. The van der Waals surface area contributed by atoms with E-state index in [0.717, 1.165) is 56.2 Å². The van der Waals surface area contributed by atoms with Crippen LogP contribution in [0, 0.1) is 23.7 Å². The molecule has 2 aromatic rings. The van der Waals surface area contributed by atoms with Crippen LogP contribution in [0.2, 0.25) is 10.0 Å². The fourth-order valence-corrected chi connectivity index (χ4v) is 8.27. The van der Waals surface area contributed by atoms with Gasteiger partial charge in [0.1, 0.15) is 5.75 Å². The average Bonchev–Trinajstić information content (AvgIpc) is 3.21. The van der Waals surface area contributed by atoms with Gasteiger partial charge in [-0.3, -0.25) is 9.59 Å². The van der Waals surface area contributed by atoms with Crippen molar-refractivity contribution in [1.82, 2.24) is 10.2 Å². The van der Waals surface area contributed by atoms with Gasteiger partial charge in [0.05, 0.1) is 5.60 Å². The van der Waals surface area contributed by atoms with Crippen LogP contribution in [0.1, 0.15) is 49.7 Å². The van der Waals surface area contributed by atoms with Crippen molar-refractivity contribution in [1.29, 1.82) is 0 Å². The molecule has 2 N–H and O–H groups in total. The first kappa shape index (κ1) is 26.0. The van der Waals surface area contributed by atoms with Gasteiger partial charge in [-0.15, -0.1) is 0 Å². The van der Waals surface area contributed by atoms with Crippen LogP contribution in [-0.4, -0.2) is 46.6 Å². The Morgan fingerprint density at radius 2 is 1.89 bits per heavy atom. The number of halogens is 2. The van der Waals surface area contributed by atoms with Gasteiger partial charge >= 0.3 is 0 Å². The van der Waals surface area contributed by atoms with E-state index in [1.807, 2.05) is 24.3 Å². The predicted molar refractivity (Wildman–Crippen MR) is 146 cm³/mol. The van der Waals surface area contributed by atoms with Crippen LogP contribution < -0.4 is 10.1 Å². The lowest BCUT2D eigenvalue weighted by molar-refractivity contribution is -0.168. The molecule has 0 radical (unpaired) electrons. The second kappa shape index (κ2) is 10.4. The molecule has 0 spiro atoms. The number of hydrogen-bond acceptors (Lipinski definition) is 4. The van der Waals surface area contributed by atoms with E-state index in [4.69, 9.17) is 27.9 Å². The number of nitrogens with zero attached hydrogens (tertiary/aromatic N) is 1. The van der Waals surface area contributed by atoms with Gasteiger partial charge in [0.25, 0.3) is 5.91 Å². The monoisotopic (exact) mass is 556 g/mol. The van der Waals surface area contributed by atoms with Crippen LogP contribution in [0.4, 0.5) is 0 Å². The fraction of sp³-hybridized carbons (Fsp3) is 0.533. The smallest absolute Gasteiger partial charge is 0.258 e. The number of likely N-dealkylation sites (tertiary alicyclic amines) is 1. The summed E-state index contributed by atoms with van der Waals surface area (Å²) < 4.78 is 5.65. The van der Waals surface area contributed by atoms with Gasteiger partial charge < -0.3 is 20.1 Å². The fourth-order valence-electron chi connectivity index (χ4n) is 7.81. The molecule has 6 nitrogen and oxygen atoms in total. The Balaban J connectivity index is 1.01. The highest BCUT2D eigenvalue weighted by Gasteiger charge is 2.57. The second-order valence-corrected chi connectivity index (χ2v) is 12.7. The summed E-state index contributed by atoms with van der Waals surface area (Å²) >= 11 is 12.6. The van der Waals surface area contributed by atoms with Crippen LogP contribution in [0.25, 0.3) is 0 Å². The van der Waals surface area contributed by atoms with Crippen LogP contribution >= 0.6 is 23.2 Å². The number of benzene rings is 2. The molecule has 1 aliphatic heterocycles. The molecule has 4 saturated carbocycles. The highest BCUT2D eigenvalue weighted by Crippen LogP contribution is 2.57. The Morgan fingerprint density at radius 1 is 1.11 bits per heavy atom. The summed E-state index contributed by atoms with van der Waals surface area (Å²) in [5, 5.41) is 14.9. The third kappa shape index (κ3) is 5.28. The van der Waals surface area contributed by atoms with Gasteiger partial charge in [0.15, 0.2) is 6.61 Å². The summed E-state index contributed by atoms with van der Waals surface area (Å²) in [4.78, 5) is 27.8. The van der Waals surface area contributed by atoms with E-state index < -0.39 is 5.60 Å². The number of carbonyl (C=O) groups excluding carboxylic acids is 2. The summed E-state index contributed by atoms with van der Waals surface area (Å²) in [5.41, 5.74) is 1.35.